The minimum absolute atomic E-state index is 0.143. The van der Waals surface area contributed by atoms with Crippen LogP contribution in [0.5, 0.6) is 11.6 Å². The normalized spacial score (nSPS) is 22.8. The van der Waals surface area contributed by atoms with Crippen LogP contribution in [0.3, 0.4) is 0 Å². The zero-order valence-electron chi connectivity index (χ0n) is 14.6. The van der Waals surface area contributed by atoms with E-state index in [1.807, 2.05) is 0 Å². The van der Waals surface area contributed by atoms with Crippen LogP contribution in [-0.2, 0) is 15.1 Å². The van der Waals surface area contributed by atoms with Crippen molar-refractivity contribution in [3.8, 4) is 11.6 Å². The standard InChI is InChI=1S/C19H20F2N2O3/c1-12-7-17(21)18(23-9-12)26-14-3-4-16(20)15(8-14)19(22-2)11-25-6-5-13(19)10-24/h3-4,7-10,13,22H,5-6,11H2,1-2H3. The molecule has 0 aliphatic carbocycles. The molecule has 0 amide bonds. The molecule has 1 aromatic heterocycles. The molecule has 0 spiro atoms. The minimum Gasteiger partial charge on any atom is -0.436 e. The molecule has 1 N–H and O–H groups in total. The number of aryl methyl sites for hydroxylation is 1. The van der Waals surface area contributed by atoms with Gasteiger partial charge in [-0.15, -0.1) is 0 Å². The predicted molar refractivity (Wildman–Crippen MR) is 91.1 cm³/mol. The van der Waals surface area contributed by atoms with Crippen molar-refractivity contribution >= 4 is 6.29 Å². The smallest absolute Gasteiger partial charge is 0.255 e. The van der Waals surface area contributed by atoms with E-state index in [0.29, 0.717) is 18.6 Å². The average molecular weight is 362 g/mol. The molecular weight excluding hydrogens is 342 g/mol. The molecule has 1 aliphatic rings. The first-order chi connectivity index (χ1) is 12.5. The molecule has 7 heteroatoms. The maximum absolute atomic E-state index is 14.6. The van der Waals surface area contributed by atoms with Crippen LogP contribution in [0.4, 0.5) is 8.78 Å². The summed E-state index contributed by atoms with van der Waals surface area (Å²) in [6, 6.07) is 5.38. The molecule has 1 aromatic carbocycles. The van der Waals surface area contributed by atoms with Gasteiger partial charge in [-0.05, 0) is 50.2 Å². The molecule has 26 heavy (non-hydrogen) atoms. The molecule has 1 fully saturated rings. The number of hydrogen-bond donors (Lipinski definition) is 1. The number of aromatic nitrogens is 1. The van der Waals surface area contributed by atoms with Crippen molar-refractivity contribution < 1.29 is 23.0 Å². The van der Waals surface area contributed by atoms with Gasteiger partial charge in [0.15, 0.2) is 5.82 Å². The number of halogens is 2. The van der Waals surface area contributed by atoms with Crippen LogP contribution in [-0.4, -0.2) is 31.5 Å². The fraction of sp³-hybridized carbons (Fsp3) is 0.368. The highest BCUT2D eigenvalue weighted by Crippen LogP contribution is 2.38. The maximum atomic E-state index is 14.6. The molecule has 5 nitrogen and oxygen atoms in total. The topological polar surface area (TPSA) is 60.4 Å². The monoisotopic (exact) mass is 362 g/mol. The summed E-state index contributed by atoms with van der Waals surface area (Å²) in [5, 5.41) is 3.04. The Morgan fingerprint density at radius 2 is 2.15 bits per heavy atom. The van der Waals surface area contributed by atoms with Crippen LogP contribution in [0, 0.1) is 24.5 Å². The van der Waals surface area contributed by atoms with Gasteiger partial charge < -0.3 is 19.6 Å². The molecule has 1 aliphatic heterocycles. The third kappa shape index (κ3) is 3.32. The van der Waals surface area contributed by atoms with Crippen LogP contribution in [0.15, 0.2) is 30.5 Å². The lowest BCUT2D eigenvalue weighted by Crippen LogP contribution is -2.54. The number of likely N-dealkylation sites (N-methyl/N-ethyl adjacent to an activating group) is 1. The molecule has 138 valence electrons. The fourth-order valence-electron chi connectivity index (χ4n) is 3.27. The van der Waals surface area contributed by atoms with Crippen LogP contribution < -0.4 is 10.1 Å². The summed E-state index contributed by atoms with van der Waals surface area (Å²) in [5.41, 5.74) is -0.110. The summed E-state index contributed by atoms with van der Waals surface area (Å²) in [7, 11) is 1.65. The van der Waals surface area contributed by atoms with Crippen molar-refractivity contribution in [3.63, 3.8) is 0 Å². The predicted octanol–water partition coefficient (Wildman–Crippen LogP) is 3.11. The Bertz CT molecular complexity index is 815. The van der Waals surface area contributed by atoms with Gasteiger partial charge in [0, 0.05) is 24.3 Å². The first-order valence-corrected chi connectivity index (χ1v) is 8.32. The van der Waals surface area contributed by atoms with E-state index in [0.717, 1.165) is 6.29 Å². The molecule has 2 heterocycles. The number of ether oxygens (including phenoxy) is 2. The number of hydrogen-bond acceptors (Lipinski definition) is 5. The molecule has 0 radical (unpaired) electrons. The summed E-state index contributed by atoms with van der Waals surface area (Å²) in [4.78, 5) is 15.5. The summed E-state index contributed by atoms with van der Waals surface area (Å²) in [6.07, 6.45) is 2.77. The van der Waals surface area contributed by atoms with Gasteiger partial charge in [-0.3, -0.25) is 0 Å². The number of nitrogens with one attached hydrogen (secondary N) is 1. The highest BCUT2D eigenvalue weighted by atomic mass is 19.1. The number of carbonyl (C=O) groups is 1. The van der Waals surface area contributed by atoms with Gasteiger partial charge in [-0.25, -0.2) is 13.8 Å². The Balaban J connectivity index is 2.00. The van der Waals surface area contributed by atoms with Crippen molar-refractivity contribution in [2.45, 2.75) is 18.9 Å². The maximum Gasteiger partial charge on any atom is 0.255 e. The summed E-state index contributed by atoms with van der Waals surface area (Å²) < 4.78 is 39.6. The second kappa shape index (κ2) is 7.47. The zero-order chi connectivity index (χ0) is 18.7. The van der Waals surface area contributed by atoms with Gasteiger partial charge in [-0.1, -0.05) is 0 Å². The van der Waals surface area contributed by atoms with Gasteiger partial charge in [0.1, 0.15) is 17.9 Å². The molecule has 2 aromatic rings. The van der Waals surface area contributed by atoms with Crippen LogP contribution in [0.1, 0.15) is 17.5 Å². The quantitative estimate of drug-likeness (QED) is 0.828. The average Bonchev–Trinajstić information content (AvgIpc) is 2.65. The Hall–Kier alpha value is -2.38. The van der Waals surface area contributed by atoms with E-state index in [1.165, 1.54) is 30.5 Å². The molecule has 2 atom stereocenters. The van der Waals surface area contributed by atoms with Gasteiger partial charge in [-0.2, -0.15) is 0 Å². The first-order valence-electron chi connectivity index (χ1n) is 8.32. The molecule has 0 bridgehead atoms. The molecule has 3 rings (SSSR count). The molecule has 2 unspecified atom stereocenters. The van der Waals surface area contributed by atoms with Gasteiger partial charge in [0.25, 0.3) is 5.88 Å². The van der Waals surface area contributed by atoms with Crippen molar-refractivity contribution in [1.29, 1.82) is 0 Å². The first kappa shape index (κ1) is 18.4. The van der Waals surface area contributed by atoms with E-state index in [-0.39, 0.29) is 23.8 Å². The number of benzene rings is 1. The second-order valence-corrected chi connectivity index (χ2v) is 6.35. The molecule has 0 saturated carbocycles. The lowest BCUT2D eigenvalue weighted by molar-refractivity contribution is -0.119. The SMILES string of the molecule is CNC1(c2cc(Oc3ncc(C)cc3F)ccc2F)COCCC1C=O. The third-order valence-electron chi connectivity index (χ3n) is 4.72. The summed E-state index contributed by atoms with van der Waals surface area (Å²) >= 11 is 0. The van der Waals surface area contributed by atoms with Crippen LogP contribution in [0.25, 0.3) is 0 Å². The van der Waals surface area contributed by atoms with E-state index in [9.17, 15) is 13.6 Å². The Morgan fingerprint density at radius 3 is 2.85 bits per heavy atom. The minimum atomic E-state index is -1.01. The van der Waals surface area contributed by atoms with Crippen molar-refractivity contribution in [2.75, 3.05) is 20.3 Å². The largest absolute Gasteiger partial charge is 0.436 e. The summed E-state index contributed by atoms with van der Waals surface area (Å²) in [6.45, 7) is 2.29. The summed E-state index contributed by atoms with van der Waals surface area (Å²) in [5.74, 6) is -1.53. The zero-order valence-corrected chi connectivity index (χ0v) is 14.6. The number of pyridine rings is 1. The van der Waals surface area contributed by atoms with Gasteiger partial charge in [0.05, 0.1) is 12.1 Å². The lowest BCUT2D eigenvalue weighted by Gasteiger charge is -2.42. The second-order valence-electron chi connectivity index (χ2n) is 6.35. The van der Waals surface area contributed by atoms with Gasteiger partial charge >= 0.3 is 0 Å². The van der Waals surface area contributed by atoms with Crippen molar-refractivity contribution in [1.82, 2.24) is 10.3 Å². The van der Waals surface area contributed by atoms with E-state index < -0.39 is 23.1 Å². The van der Waals surface area contributed by atoms with E-state index in [2.05, 4.69) is 10.3 Å². The van der Waals surface area contributed by atoms with Crippen LogP contribution >= 0.6 is 0 Å². The Kier molecular flexibility index (Phi) is 5.29. The highest BCUT2D eigenvalue weighted by molar-refractivity contribution is 5.58. The van der Waals surface area contributed by atoms with Crippen molar-refractivity contribution in [2.24, 2.45) is 5.92 Å². The van der Waals surface area contributed by atoms with Crippen LogP contribution in [0.2, 0.25) is 0 Å². The Morgan fingerprint density at radius 1 is 1.35 bits per heavy atom. The Labute approximate surface area is 150 Å². The van der Waals surface area contributed by atoms with E-state index in [4.69, 9.17) is 9.47 Å². The lowest BCUT2D eigenvalue weighted by atomic mass is 9.76. The number of nitrogens with zero attached hydrogens (tertiary/aromatic N) is 1. The van der Waals surface area contributed by atoms with Crippen molar-refractivity contribution in [3.05, 3.63) is 53.2 Å². The molecular formula is C19H20F2N2O3. The van der Waals surface area contributed by atoms with E-state index in [1.54, 1.807) is 14.0 Å². The highest BCUT2D eigenvalue weighted by Gasteiger charge is 2.44. The third-order valence-corrected chi connectivity index (χ3v) is 4.72. The van der Waals surface area contributed by atoms with E-state index >= 15 is 0 Å². The fourth-order valence-corrected chi connectivity index (χ4v) is 3.27. The van der Waals surface area contributed by atoms with Gasteiger partial charge in [0.2, 0.25) is 0 Å². The number of rotatable bonds is 5. The number of carbonyl (C=O) groups excluding carboxylic acids is 1. The molecule has 1 saturated heterocycles. The number of aldehydes is 1.